The zero-order valence-corrected chi connectivity index (χ0v) is 10.4. The average Bonchev–Trinajstić information content (AvgIpc) is 2.19. The summed E-state index contributed by atoms with van der Waals surface area (Å²) in [5.41, 5.74) is 6.65. The van der Waals surface area contributed by atoms with Crippen LogP contribution in [0.5, 0.6) is 0 Å². The Hall–Kier alpha value is -0.0900. The lowest BCUT2D eigenvalue weighted by Crippen LogP contribution is -2.32. The van der Waals surface area contributed by atoms with Gasteiger partial charge in [-0.25, -0.2) is 0 Å². The van der Waals surface area contributed by atoms with Gasteiger partial charge >= 0.3 is 0 Å². The molecular weight excluding hydrogens is 263 g/mol. The first-order valence-electron chi connectivity index (χ1n) is 4.51. The lowest BCUT2D eigenvalue weighted by atomic mass is 10.2. The van der Waals surface area contributed by atoms with Crippen LogP contribution in [0, 0.1) is 0 Å². The average molecular weight is 278 g/mol. The van der Waals surface area contributed by atoms with E-state index in [4.69, 9.17) is 17.3 Å². The van der Waals surface area contributed by atoms with E-state index in [0.29, 0.717) is 12.6 Å². The van der Waals surface area contributed by atoms with Crippen molar-refractivity contribution in [3.63, 3.8) is 0 Å². The first kappa shape index (κ1) is 12.0. The van der Waals surface area contributed by atoms with Crippen molar-refractivity contribution in [2.75, 3.05) is 6.54 Å². The Balaban J connectivity index is 2.62. The van der Waals surface area contributed by atoms with Gasteiger partial charge in [0.25, 0.3) is 0 Å². The summed E-state index contributed by atoms with van der Waals surface area (Å²) in [7, 11) is 0. The first-order valence-corrected chi connectivity index (χ1v) is 5.68. The molecule has 0 saturated heterocycles. The predicted molar refractivity (Wildman–Crippen MR) is 64.5 cm³/mol. The third-order valence-electron chi connectivity index (χ3n) is 2.00. The second-order valence-corrected chi connectivity index (χ2v) is 4.54. The van der Waals surface area contributed by atoms with Gasteiger partial charge in [0.2, 0.25) is 0 Å². The zero-order valence-electron chi connectivity index (χ0n) is 8.06. The van der Waals surface area contributed by atoms with E-state index in [1.54, 1.807) is 0 Å². The minimum Gasteiger partial charge on any atom is -0.329 e. The van der Waals surface area contributed by atoms with Crippen molar-refractivity contribution in [1.82, 2.24) is 5.32 Å². The number of nitrogens with two attached hydrogens (primary N) is 1. The number of hydrogen-bond donors (Lipinski definition) is 2. The summed E-state index contributed by atoms with van der Waals surface area (Å²) in [5, 5.41) is 4.06. The lowest BCUT2D eigenvalue weighted by Gasteiger charge is -2.12. The maximum atomic E-state index is 5.89. The Labute approximate surface area is 98.0 Å². The Bertz CT molecular complexity index is 304. The molecule has 0 spiro atoms. The van der Waals surface area contributed by atoms with Crippen LogP contribution in [-0.4, -0.2) is 12.6 Å². The molecule has 4 heteroatoms. The second-order valence-electron chi connectivity index (χ2n) is 3.25. The molecule has 0 aromatic heterocycles. The quantitative estimate of drug-likeness (QED) is 0.887. The van der Waals surface area contributed by atoms with Crippen molar-refractivity contribution in [2.24, 2.45) is 5.73 Å². The molecule has 0 bridgehead atoms. The van der Waals surface area contributed by atoms with Gasteiger partial charge in [-0.05, 0) is 30.7 Å². The fourth-order valence-corrected chi connectivity index (χ4v) is 1.63. The minimum absolute atomic E-state index is 0.320. The number of halogens is 2. The van der Waals surface area contributed by atoms with E-state index in [9.17, 15) is 0 Å². The fraction of sp³-hybridized carbons (Fsp3) is 0.400. The number of rotatable bonds is 4. The monoisotopic (exact) mass is 276 g/mol. The second kappa shape index (κ2) is 5.71. The molecule has 14 heavy (non-hydrogen) atoms. The predicted octanol–water partition coefficient (Wildman–Crippen LogP) is 2.54. The van der Waals surface area contributed by atoms with Crippen LogP contribution < -0.4 is 11.1 Å². The van der Waals surface area contributed by atoms with Crippen molar-refractivity contribution >= 4 is 27.5 Å². The summed E-state index contributed by atoms with van der Waals surface area (Å²) >= 11 is 9.37. The summed E-state index contributed by atoms with van der Waals surface area (Å²) in [6.45, 7) is 3.47. The Morgan fingerprint density at radius 1 is 1.57 bits per heavy atom. The fourth-order valence-electron chi connectivity index (χ4n) is 1.05. The molecule has 0 unspecified atom stereocenters. The van der Waals surface area contributed by atoms with Crippen LogP contribution >= 0.6 is 27.5 Å². The summed E-state index contributed by atoms with van der Waals surface area (Å²) < 4.78 is 1.07. The number of benzene rings is 1. The van der Waals surface area contributed by atoms with Crippen LogP contribution in [0.15, 0.2) is 22.7 Å². The molecule has 0 amide bonds. The molecule has 0 saturated carbocycles. The number of nitrogens with one attached hydrogen (secondary N) is 1. The molecule has 3 N–H and O–H groups in total. The Morgan fingerprint density at radius 3 is 2.93 bits per heavy atom. The smallest absolute Gasteiger partial charge is 0.0410 e. The van der Waals surface area contributed by atoms with E-state index < -0.39 is 0 Å². The van der Waals surface area contributed by atoms with Gasteiger partial charge in [0.05, 0.1) is 0 Å². The van der Waals surface area contributed by atoms with Crippen molar-refractivity contribution in [3.05, 3.63) is 33.3 Å². The van der Waals surface area contributed by atoms with E-state index in [2.05, 4.69) is 28.2 Å². The normalized spacial score (nSPS) is 12.9. The van der Waals surface area contributed by atoms with Gasteiger partial charge in [-0.15, -0.1) is 0 Å². The van der Waals surface area contributed by atoms with Crippen LogP contribution in [-0.2, 0) is 6.54 Å². The largest absolute Gasteiger partial charge is 0.329 e. The van der Waals surface area contributed by atoms with Crippen LogP contribution in [0.25, 0.3) is 0 Å². The molecule has 1 aromatic carbocycles. The highest BCUT2D eigenvalue weighted by atomic mass is 79.9. The van der Waals surface area contributed by atoms with Gasteiger partial charge in [0.1, 0.15) is 0 Å². The van der Waals surface area contributed by atoms with Gasteiger partial charge in [-0.1, -0.05) is 27.5 Å². The van der Waals surface area contributed by atoms with Crippen molar-refractivity contribution in [2.45, 2.75) is 19.5 Å². The third-order valence-corrected chi connectivity index (χ3v) is 3.01. The summed E-state index contributed by atoms with van der Waals surface area (Å²) in [6.07, 6.45) is 0. The number of hydrogen-bond acceptors (Lipinski definition) is 2. The molecule has 1 atom stereocenters. The van der Waals surface area contributed by atoms with E-state index in [-0.39, 0.29) is 0 Å². The molecule has 0 aliphatic rings. The van der Waals surface area contributed by atoms with Crippen molar-refractivity contribution in [1.29, 1.82) is 0 Å². The molecule has 1 aromatic rings. The van der Waals surface area contributed by atoms with Crippen molar-refractivity contribution in [3.8, 4) is 0 Å². The molecule has 0 fully saturated rings. The highest BCUT2D eigenvalue weighted by Gasteiger charge is 2.02. The van der Waals surface area contributed by atoms with Crippen molar-refractivity contribution < 1.29 is 0 Å². The first-order chi connectivity index (χ1) is 6.63. The molecule has 0 radical (unpaired) electrons. The summed E-state index contributed by atoms with van der Waals surface area (Å²) in [4.78, 5) is 0. The highest BCUT2D eigenvalue weighted by Crippen LogP contribution is 2.20. The highest BCUT2D eigenvalue weighted by molar-refractivity contribution is 9.10. The summed E-state index contributed by atoms with van der Waals surface area (Å²) in [5.74, 6) is 0. The van der Waals surface area contributed by atoms with Gasteiger partial charge < -0.3 is 11.1 Å². The SMILES string of the molecule is C[C@H](CN)NCc1cc(Cl)ccc1Br. The Morgan fingerprint density at radius 2 is 2.29 bits per heavy atom. The zero-order chi connectivity index (χ0) is 10.6. The molecular formula is C10H14BrClN2. The van der Waals surface area contributed by atoms with Gasteiger partial charge in [-0.3, -0.25) is 0 Å². The summed E-state index contributed by atoms with van der Waals surface area (Å²) in [6, 6.07) is 6.08. The van der Waals surface area contributed by atoms with Crippen LogP contribution in [0.3, 0.4) is 0 Å². The molecule has 0 heterocycles. The topological polar surface area (TPSA) is 38.0 Å². The standard InChI is InChI=1S/C10H14BrClN2/c1-7(5-13)14-6-8-4-9(12)2-3-10(8)11/h2-4,7,14H,5-6,13H2,1H3/t7-/m1/s1. The molecule has 2 nitrogen and oxygen atoms in total. The van der Waals surface area contributed by atoms with E-state index in [1.807, 2.05) is 18.2 Å². The third kappa shape index (κ3) is 3.58. The lowest BCUT2D eigenvalue weighted by molar-refractivity contribution is 0.555. The molecule has 1 rings (SSSR count). The van der Waals surface area contributed by atoms with Crippen LogP contribution in [0.4, 0.5) is 0 Å². The van der Waals surface area contributed by atoms with E-state index in [1.165, 1.54) is 0 Å². The Kier molecular flexibility index (Phi) is 4.89. The van der Waals surface area contributed by atoms with Crippen LogP contribution in [0.2, 0.25) is 5.02 Å². The maximum absolute atomic E-state index is 5.89. The van der Waals surface area contributed by atoms with Gasteiger partial charge in [0.15, 0.2) is 0 Å². The minimum atomic E-state index is 0.320. The maximum Gasteiger partial charge on any atom is 0.0410 e. The van der Waals surface area contributed by atoms with Gasteiger partial charge in [0, 0.05) is 28.6 Å². The molecule has 0 aliphatic carbocycles. The van der Waals surface area contributed by atoms with Crippen LogP contribution in [0.1, 0.15) is 12.5 Å². The molecule has 0 aliphatic heterocycles. The van der Waals surface area contributed by atoms with Gasteiger partial charge in [-0.2, -0.15) is 0 Å². The van der Waals surface area contributed by atoms with E-state index in [0.717, 1.165) is 21.6 Å². The molecule has 78 valence electrons. The van der Waals surface area contributed by atoms with E-state index >= 15 is 0 Å².